The van der Waals surface area contributed by atoms with Crippen LogP contribution in [0.15, 0.2) is 0 Å². The lowest BCUT2D eigenvalue weighted by atomic mass is 10.2. The first-order chi connectivity index (χ1) is 11.5. The maximum atomic E-state index is 12.9. The number of hydrogen-bond acceptors (Lipinski definition) is 2. The topological polar surface area (TPSA) is 18.5 Å². The molecule has 0 aromatic carbocycles. The highest BCUT2D eigenvalue weighted by Crippen LogP contribution is 2.53. The maximum absolute atomic E-state index is 12.9. The van der Waals surface area contributed by atoms with Gasteiger partial charge in [-0.05, 0) is 0 Å². The van der Waals surface area contributed by atoms with E-state index in [2.05, 4.69) is 0 Å². The van der Waals surface area contributed by atoms with Crippen molar-refractivity contribution in [3.05, 3.63) is 0 Å². The molecule has 0 saturated carbocycles. The summed E-state index contributed by atoms with van der Waals surface area (Å²) in [5, 5.41) is 0. The molecule has 0 bridgehead atoms. The Balaban J connectivity index is 5.74. The number of ether oxygens (including phenoxy) is 2. The largest absolute Gasteiger partial charge is 0.462 e. The van der Waals surface area contributed by atoms with Gasteiger partial charge in [0.1, 0.15) is 0 Å². The van der Waals surface area contributed by atoms with Crippen molar-refractivity contribution in [1.82, 2.24) is 0 Å². The Morgan fingerprint density at radius 3 is 1.15 bits per heavy atom. The SMILES string of the molecule is FC(F)(F)C(F)(F)C(F)(F)OC(F)(F)C(F)(F)OC(F)(F)C(F)(F)CCI. The van der Waals surface area contributed by atoms with Gasteiger partial charge in [-0.2, -0.15) is 65.9 Å². The average molecular weight is 556 g/mol. The quantitative estimate of drug-likeness (QED) is 0.196. The highest BCUT2D eigenvalue weighted by molar-refractivity contribution is 14.1. The van der Waals surface area contributed by atoms with Crippen LogP contribution in [0.5, 0.6) is 0 Å². The first-order valence-corrected chi connectivity index (χ1v) is 7.30. The molecule has 27 heavy (non-hydrogen) atoms. The van der Waals surface area contributed by atoms with Crippen molar-refractivity contribution in [1.29, 1.82) is 0 Å². The van der Waals surface area contributed by atoms with Gasteiger partial charge < -0.3 is 0 Å². The zero-order chi connectivity index (χ0) is 22.3. The molecule has 2 nitrogen and oxygen atoms in total. The van der Waals surface area contributed by atoms with Crippen molar-refractivity contribution >= 4 is 22.6 Å². The summed E-state index contributed by atoms with van der Waals surface area (Å²) in [6.45, 7) is 0. The molecule has 164 valence electrons. The van der Waals surface area contributed by atoms with Crippen molar-refractivity contribution in [2.24, 2.45) is 0 Å². The zero-order valence-corrected chi connectivity index (χ0v) is 13.9. The number of halogens is 16. The van der Waals surface area contributed by atoms with Crippen molar-refractivity contribution in [2.45, 2.75) is 48.9 Å². The summed E-state index contributed by atoms with van der Waals surface area (Å²) >= 11 is 1.02. The van der Waals surface area contributed by atoms with Crippen molar-refractivity contribution < 1.29 is 75.3 Å². The molecule has 0 amide bonds. The fraction of sp³-hybridized carbons (Fsp3) is 1.00. The normalized spacial score (nSPS) is 16.0. The molecule has 0 fully saturated rings. The van der Waals surface area contributed by atoms with Gasteiger partial charge in [-0.1, -0.05) is 22.6 Å². The summed E-state index contributed by atoms with van der Waals surface area (Å²) in [5.74, 6) is -13.1. The smallest absolute Gasteiger partial charge is 0.243 e. The molecule has 0 spiro atoms. The van der Waals surface area contributed by atoms with Crippen LogP contribution in [0.25, 0.3) is 0 Å². The number of rotatable bonds is 9. The average Bonchev–Trinajstić information content (AvgIpc) is 2.33. The van der Waals surface area contributed by atoms with Crippen LogP contribution >= 0.6 is 22.6 Å². The molecule has 0 aromatic heterocycles. The second-order valence-corrected chi connectivity index (χ2v) is 5.57. The van der Waals surface area contributed by atoms with Crippen LogP contribution in [0.1, 0.15) is 6.42 Å². The van der Waals surface area contributed by atoms with E-state index in [1.165, 1.54) is 4.74 Å². The van der Waals surface area contributed by atoms with Gasteiger partial charge >= 0.3 is 42.5 Å². The van der Waals surface area contributed by atoms with Gasteiger partial charge in [0.25, 0.3) is 0 Å². The van der Waals surface area contributed by atoms with Crippen LogP contribution in [0.2, 0.25) is 0 Å². The molecule has 0 unspecified atom stereocenters. The van der Waals surface area contributed by atoms with Crippen molar-refractivity contribution in [3.63, 3.8) is 0 Å². The first kappa shape index (κ1) is 26.6. The molecular formula is C9H4F15IO2. The fourth-order valence-corrected chi connectivity index (χ4v) is 1.69. The summed E-state index contributed by atoms with van der Waals surface area (Å²) in [6.07, 6.45) is -37.7. The van der Waals surface area contributed by atoms with Gasteiger partial charge in [-0.15, -0.1) is 0 Å². The van der Waals surface area contributed by atoms with Crippen LogP contribution in [0.4, 0.5) is 65.9 Å². The highest BCUT2D eigenvalue weighted by atomic mass is 127. The second-order valence-electron chi connectivity index (χ2n) is 4.49. The molecule has 0 radical (unpaired) electrons. The standard InChI is InChI=1S/C9H4F15IO2/c10-3(11,1-2-25)6(17,18)26-8(21,22)9(23,24)27-7(19,20)4(12,13)5(14,15)16/h1-2H2. The lowest BCUT2D eigenvalue weighted by Gasteiger charge is -2.35. The molecule has 0 aliphatic heterocycles. The lowest BCUT2D eigenvalue weighted by molar-refractivity contribution is -0.549. The lowest BCUT2D eigenvalue weighted by Crippen LogP contribution is -2.60. The van der Waals surface area contributed by atoms with E-state index in [4.69, 9.17) is 0 Å². The second kappa shape index (κ2) is 7.45. The third-order valence-electron chi connectivity index (χ3n) is 2.41. The van der Waals surface area contributed by atoms with E-state index in [9.17, 15) is 65.9 Å². The molecule has 0 aromatic rings. The van der Waals surface area contributed by atoms with Crippen molar-refractivity contribution in [2.75, 3.05) is 4.43 Å². The van der Waals surface area contributed by atoms with Gasteiger partial charge in [0.15, 0.2) is 0 Å². The number of hydrogen-bond donors (Lipinski definition) is 0. The van der Waals surface area contributed by atoms with Gasteiger partial charge in [0, 0.05) is 10.8 Å². The van der Waals surface area contributed by atoms with E-state index in [1.807, 2.05) is 0 Å². The summed E-state index contributed by atoms with van der Waals surface area (Å²) in [6, 6.07) is 0. The van der Waals surface area contributed by atoms with Crippen LogP contribution in [0, 0.1) is 0 Å². The predicted molar refractivity (Wildman–Crippen MR) is 61.4 cm³/mol. The van der Waals surface area contributed by atoms with Gasteiger partial charge in [-0.25, -0.2) is 9.47 Å². The summed E-state index contributed by atoms with van der Waals surface area (Å²) < 4.78 is 191. The van der Waals surface area contributed by atoms with Crippen LogP contribution < -0.4 is 0 Å². The zero-order valence-electron chi connectivity index (χ0n) is 11.8. The minimum absolute atomic E-state index is 0.877. The molecule has 0 aliphatic rings. The fourth-order valence-electron chi connectivity index (χ4n) is 1.01. The van der Waals surface area contributed by atoms with Crippen LogP contribution in [0.3, 0.4) is 0 Å². The van der Waals surface area contributed by atoms with E-state index in [1.54, 1.807) is 4.74 Å². The highest BCUT2D eigenvalue weighted by Gasteiger charge is 2.80. The van der Waals surface area contributed by atoms with Crippen LogP contribution in [-0.2, 0) is 9.47 Å². The van der Waals surface area contributed by atoms with E-state index >= 15 is 0 Å². The van der Waals surface area contributed by atoms with Gasteiger partial charge in [0.05, 0.1) is 0 Å². The third kappa shape index (κ3) is 5.36. The van der Waals surface area contributed by atoms with Gasteiger partial charge in [0.2, 0.25) is 0 Å². The molecule has 0 N–H and O–H groups in total. The minimum Gasteiger partial charge on any atom is -0.243 e. The predicted octanol–water partition coefficient (Wildman–Crippen LogP) is 6.05. The summed E-state index contributed by atoms with van der Waals surface area (Å²) in [5.41, 5.74) is 0. The Kier molecular flexibility index (Phi) is 7.34. The Morgan fingerprint density at radius 2 is 0.852 bits per heavy atom. The van der Waals surface area contributed by atoms with Crippen LogP contribution in [-0.4, -0.2) is 46.9 Å². The molecular weight excluding hydrogens is 552 g/mol. The Labute approximate surface area is 152 Å². The summed E-state index contributed by atoms with van der Waals surface area (Å²) in [4.78, 5) is 0. The molecule has 0 heterocycles. The van der Waals surface area contributed by atoms with E-state index in [0.717, 1.165) is 22.6 Å². The molecule has 0 rings (SSSR count). The first-order valence-electron chi connectivity index (χ1n) is 5.77. The number of alkyl halides is 16. The minimum atomic E-state index is -7.49. The van der Waals surface area contributed by atoms with E-state index in [0.29, 0.717) is 0 Å². The van der Waals surface area contributed by atoms with Crippen molar-refractivity contribution in [3.8, 4) is 0 Å². The Bertz CT molecular complexity index is 514. The van der Waals surface area contributed by atoms with Gasteiger partial charge in [-0.3, -0.25) is 0 Å². The monoisotopic (exact) mass is 556 g/mol. The molecule has 0 atom stereocenters. The van der Waals surface area contributed by atoms with E-state index < -0.39 is 53.3 Å². The third-order valence-corrected chi connectivity index (χ3v) is 2.95. The molecule has 0 aliphatic carbocycles. The Hall–Kier alpha value is -0.400. The van der Waals surface area contributed by atoms with E-state index in [-0.39, 0.29) is 0 Å². The molecule has 18 heteroatoms. The summed E-state index contributed by atoms with van der Waals surface area (Å²) in [7, 11) is 0. The Morgan fingerprint density at radius 1 is 0.519 bits per heavy atom. The maximum Gasteiger partial charge on any atom is 0.462 e. The molecule has 0 saturated heterocycles.